The SMILES string of the molecule is Cc1csc(CNc2ccc(OC(F)(F)F)c(Br)c2)n1. The third-order valence-corrected chi connectivity index (χ3v) is 3.85. The third-order valence-electron chi connectivity index (χ3n) is 2.27. The molecule has 2 rings (SSSR count). The number of anilines is 1. The topological polar surface area (TPSA) is 34.1 Å². The summed E-state index contributed by atoms with van der Waals surface area (Å²) >= 11 is 4.58. The fourth-order valence-corrected chi connectivity index (χ4v) is 2.65. The Morgan fingerprint density at radius 2 is 2.15 bits per heavy atom. The van der Waals surface area contributed by atoms with Crippen LogP contribution in [0.2, 0.25) is 0 Å². The summed E-state index contributed by atoms with van der Waals surface area (Å²) in [5.41, 5.74) is 1.63. The van der Waals surface area contributed by atoms with Crippen molar-refractivity contribution in [1.29, 1.82) is 0 Å². The minimum atomic E-state index is -4.70. The van der Waals surface area contributed by atoms with E-state index in [9.17, 15) is 13.2 Å². The normalized spacial score (nSPS) is 11.4. The second-order valence-corrected chi connectivity index (χ2v) is 5.73. The maximum Gasteiger partial charge on any atom is 0.573 e. The van der Waals surface area contributed by atoms with Crippen LogP contribution >= 0.6 is 27.3 Å². The summed E-state index contributed by atoms with van der Waals surface area (Å²) in [6, 6.07) is 4.31. The van der Waals surface area contributed by atoms with E-state index in [1.165, 1.54) is 29.5 Å². The molecule has 0 aliphatic carbocycles. The maximum atomic E-state index is 12.1. The predicted molar refractivity (Wildman–Crippen MR) is 75.0 cm³/mol. The number of rotatable bonds is 4. The lowest BCUT2D eigenvalue weighted by Gasteiger charge is -2.12. The lowest BCUT2D eigenvalue weighted by molar-refractivity contribution is -0.274. The Kier molecular flexibility index (Phi) is 4.54. The first-order valence-electron chi connectivity index (χ1n) is 5.54. The van der Waals surface area contributed by atoms with Gasteiger partial charge < -0.3 is 10.1 Å². The van der Waals surface area contributed by atoms with Crippen LogP contribution in [0.3, 0.4) is 0 Å². The van der Waals surface area contributed by atoms with Crippen LogP contribution in [0.15, 0.2) is 28.1 Å². The van der Waals surface area contributed by atoms with Crippen molar-refractivity contribution in [2.45, 2.75) is 19.8 Å². The Morgan fingerprint density at radius 1 is 1.40 bits per heavy atom. The molecule has 0 saturated carbocycles. The summed E-state index contributed by atoms with van der Waals surface area (Å²) in [7, 11) is 0. The number of nitrogens with one attached hydrogen (secondary N) is 1. The average molecular weight is 367 g/mol. The summed E-state index contributed by atoms with van der Waals surface area (Å²) < 4.78 is 40.5. The molecule has 20 heavy (non-hydrogen) atoms. The summed E-state index contributed by atoms with van der Waals surface area (Å²) in [5.74, 6) is -0.270. The summed E-state index contributed by atoms with van der Waals surface area (Å²) in [6.45, 7) is 2.42. The van der Waals surface area contributed by atoms with Gasteiger partial charge >= 0.3 is 6.36 Å². The third kappa shape index (κ3) is 4.38. The molecule has 108 valence electrons. The van der Waals surface area contributed by atoms with Crippen LogP contribution in [-0.2, 0) is 6.54 Å². The number of ether oxygens (including phenoxy) is 1. The summed E-state index contributed by atoms with van der Waals surface area (Å²) in [6.07, 6.45) is -4.70. The molecule has 0 spiro atoms. The highest BCUT2D eigenvalue weighted by Crippen LogP contribution is 2.32. The molecule has 1 aromatic carbocycles. The van der Waals surface area contributed by atoms with E-state index in [0.717, 1.165) is 10.7 Å². The Morgan fingerprint density at radius 3 is 2.70 bits per heavy atom. The Labute approximate surface area is 125 Å². The highest BCUT2D eigenvalue weighted by Gasteiger charge is 2.31. The quantitative estimate of drug-likeness (QED) is 0.849. The van der Waals surface area contributed by atoms with Gasteiger partial charge in [0.2, 0.25) is 0 Å². The Bertz CT molecular complexity index is 601. The second kappa shape index (κ2) is 6.01. The van der Waals surface area contributed by atoms with Gasteiger partial charge in [0.25, 0.3) is 0 Å². The minimum Gasteiger partial charge on any atom is -0.405 e. The van der Waals surface area contributed by atoms with Crippen molar-refractivity contribution in [2.75, 3.05) is 5.32 Å². The fraction of sp³-hybridized carbons (Fsp3) is 0.250. The van der Waals surface area contributed by atoms with E-state index in [-0.39, 0.29) is 10.2 Å². The van der Waals surface area contributed by atoms with Crippen LogP contribution in [-0.4, -0.2) is 11.3 Å². The monoisotopic (exact) mass is 366 g/mol. The zero-order chi connectivity index (χ0) is 14.8. The number of halogens is 4. The minimum absolute atomic E-state index is 0.232. The summed E-state index contributed by atoms with van der Waals surface area (Å²) in [5, 5.41) is 5.94. The van der Waals surface area contributed by atoms with Gasteiger partial charge in [-0.2, -0.15) is 0 Å². The van der Waals surface area contributed by atoms with Gasteiger partial charge in [0, 0.05) is 16.8 Å². The van der Waals surface area contributed by atoms with Crippen molar-refractivity contribution in [2.24, 2.45) is 0 Å². The van der Waals surface area contributed by atoms with Gasteiger partial charge in [-0.3, -0.25) is 0 Å². The molecule has 0 amide bonds. The molecule has 1 N–H and O–H groups in total. The molecule has 0 fully saturated rings. The molecule has 1 heterocycles. The van der Waals surface area contributed by atoms with E-state index in [4.69, 9.17) is 0 Å². The predicted octanol–water partition coefficient (Wildman–Crippen LogP) is 4.72. The first kappa shape index (κ1) is 15.1. The van der Waals surface area contributed by atoms with E-state index in [0.29, 0.717) is 12.2 Å². The Balaban J connectivity index is 2.01. The molecule has 8 heteroatoms. The summed E-state index contributed by atoms with van der Waals surface area (Å²) in [4.78, 5) is 4.29. The number of hydrogen-bond acceptors (Lipinski definition) is 4. The number of alkyl halides is 3. The van der Waals surface area contributed by atoms with E-state index in [1.54, 1.807) is 0 Å². The highest BCUT2D eigenvalue weighted by molar-refractivity contribution is 9.10. The Hall–Kier alpha value is -1.28. The number of aromatic nitrogens is 1. The molecule has 0 radical (unpaired) electrons. The smallest absolute Gasteiger partial charge is 0.405 e. The van der Waals surface area contributed by atoms with E-state index >= 15 is 0 Å². The van der Waals surface area contributed by atoms with Gasteiger partial charge in [0.15, 0.2) is 0 Å². The molecule has 0 aliphatic heterocycles. The van der Waals surface area contributed by atoms with Gasteiger partial charge in [0.1, 0.15) is 10.8 Å². The van der Waals surface area contributed by atoms with E-state index in [2.05, 4.69) is 31.0 Å². The highest BCUT2D eigenvalue weighted by atomic mass is 79.9. The lowest BCUT2D eigenvalue weighted by atomic mass is 10.3. The van der Waals surface area contributed by atoms with Crippen LogP contribution in [0.1, 0.15) is 10.7 Å². The van der Waals surface area contributed by atoms with Gasteiger partial charge in [0.05, 0.1) is 11.0 Å². The van der Waals surface area contributed by atoms with Crippen LogP contribution < -0.4 is 10.1 Å². The van der Waals surface area contributed by atoms with E-state index < -0.39 is 6.36 Å². The zero-order valence-corrected chi connectivity index (χ0v) is 12.7. The molecule has 0 saturated heterocycles. The van der Waals surface area contributed by atoms with Crippen LogP contribution in [0.25, 0.3) is 0 Å². The molecule has 0 bridgehead atoms. The molecule has 3 nitrogen and oxygen atoms in total. The van der Waals surface area contributed by atoms with Gasteiger partial charge in [-0.15, -0.1) is 24.5 Å². The van der Waals surface area contributed by atoms with Crippen molar-refractivity contribution in [3.8, 4) is 5.75 Å². The number of hydrogen-bond donors (Lipinski definition) is 1. The first-order chi connectivity index (χ1) is 9.33. The fourth-order valence-electron chi connectivity index (χ4n) is 1.48. The molecule has 1 aromatic heterocycles. The molecule has 0 atom stereocenters. The van der Waals surface area contributed by atoms with Crippen molar-refractivity contribution in [3.05, 3.63) is 38.8 Å². The van der Waals surface area contributed by atoms with Crippen molar-refractivity contribution in [1.82, 2.24) is 4.98 Å². The average Bonchev–Trinajstić information content (AvgIpc) is 2.74. The molecular weight excluding hydrogens is 357 g/mol. The van der Waals surface area contributed by atoms with Crippen molar-refractivity contribution >= 4 is 33.0 Å². The van der Waals surface area contributed by atoms with E-state index in [1.807, 2.05) is 12.3 Å². The lowest BCUT2D eigenvalue weighted by Crippen LogP contribution is -2.17. The standard InChI is InChI=1S/C12H10BrF3N2OS/c1-7-6-20-11(18-7)5-17-8-2-3-10(9(13)4-8)19-12(14,15)16/h2-4,6,17H,5H2,1H3. The maximum absolute atomic E-state index is 12.1. The van der Waals surface area contributed by atoms with Crippen molar-refractivity contribution < 1.29 is 17.9 Å². The molecule has 2 aromatic rings. The van der Waals surface area contributed by atoms with Crippen LogP contribution in [0.4, 0.5) is 18.9 Å². The van der Waals surface area contributed by atoms with Crippen LogP contribution in [0, 0.1) is 6.92 Å². The largest absolute Gasteiger partial charge is 0.573 e. The zero-order valence-electron chi connectivity index (χ0n) is 10.3. The van der Waals surface area contributed by atoms with Crippen molar-refractivity contribution in [3.63, 3.8) is 0 Å². The number of nitrogens with zero attached hydrogens (tertiary/aromatic N) is 1. The first-order valence-corrected chi connectivity index (χ1v) is 7.21. The van der Waals surface area contributed by atoms with Gasteiger partial charge in [-0.25, -0.2) is 4.98 Å². The molecule has 0 aliphatic rings. The number of thiazole rings is 1. The number of benzene rings is 1. The number of aryl methyl sites for hydroxylation is 1. The van der Waals surface area contributed by atoms with Crippen LogP contribution in [0.5, 0.6) is 5.75 Å². The van der Waals surface area contributed by atoms with Gasteiger partial charge in [-0.1, -0.05) is 0 Å². The molecule has 0 unspecified atom stereocenters. The second-order valence-electron chi connectivity index (χ2n) is 3.93. The van der Waals surface area contributed by atoms with Gasteiger partial charge in [-0.05, 0) is 41.1 Å². The molecular formula is C12H10BrF3N2OS.